The summed E-state index contributed by atoms with van der Waals surface area (Å²) in [6, 6.07) is 7.66. The Morgan fingerprint density at radius 2 is 2.12 bits per heavy atom. The maximum atomic E-state index is 11.8. The van der Waals surface area contributed by atoms with Gasteiger partial charge in [0.2, 0.25) is 0 Å². The highest BCUT2D eigenvalue weighted by Gasteiger charge is 2.23. The van der Waals surface area contributed by atoms with E-state index in [9.17, 15) is 4.79 Å². The second kappa shape index (κ2) is 3.85. The Hall–Kier alpha value is -1.88. The molecule has 1 heterocycles. The average molecular weight is 232 g/mol. The monoisotopic (exact) mass is 232 g/mol. The molecule has 90 valence electrons. The first kappa shape index (κ1) is 11.6. The zero-order valence-electron chi connectivity index (χ0n) is 10.2. The SMILES string of the molecule is Cc1cccc(-n2c(C(C)(C)N)n[nH]c2=O)c1. The maximum Gasteiger partial charge on any atom is 0.347 e. The van der Waals surface area contributed by atoms with Gasteiger partial charge in [-0.3, -0.25) is 0 Å². The zero-order chi connectivity index (χ0) is 12.6. The standard InChI is InChI=1S/C12H16N4O/c1-8-5-4-6-9(7-8)16-10(12(2,3)13)14-15-11(16)17/h4-7H,13H2,1-3H3,(H,15,17). The number of nitrogens with zero attached hydrogens (tertiary/aromatic N) is 2. The summed E-state index contributed by atoms with van der Waals surface area (Å²) in [4.78, 5) is 11.8. The number of H-pyrrole nitrogens is 1. The average Bonchev–Trinajstić information content (AvgIpc) is 2.59. The summed E-state index contributed by atoms with van der Waals surface area (Å²) in [6.07, 6.45) is 0. The molecule has 0 bridgehead atoms. The van der Waals surface area contributed by atoms with Crippen molar-refractivity contribution in [1.82, 2.24) is 14.8 Å². The highest BCUT2D eigenvalue weighted by molar-refractivity contribution is 5.36. The molecule has 0 aliphatic carbocycles. The molecule has 0 aliphatic heterocycles. The Labute approximate surface area is 99.3 Å². The highest BCUT2D eigenvalue weighted by atomic mass is 16.1. The Kier molecular flexibility index (Phi) is 2.63. The van der Waals surface area contributed by atoms with E-state index in [0.29, 0.717) is 5.82 Å². The summed E-state index contributed by atoms with van der Waals surface area (Å²) in [5.74, 6) is 0.521. The summed E-state index contributed by atoms with van der Waals surface area (Å²) in [5, 5.41) is 6.43. The predicted molar refractivity (Wildman–Crippen MR) is 66.1 cm³/mol. The molecule has 1 aromatic carbocycles. The summed E-state index contributed by atoms with van der Waals surface area (Å²) < 4.78 is 1.51. The summed E-state index contributed by atoms with van der Waals surface area (Å²) >= 11 is 0. The largest absolute Gasteiger partial charge is 0.347 e. The molecule has 3 N–H and O–H groups in total. The van der Waals surface area contributed by atoms with Crippen LogP contribution in [0, 0.1) is 6.92 Å². The van der Waals surface area contributed by atoms with Crippen LogP contribution < -0.4 is 11.4 Å². The summed E-state index contributed by atoms with van der Waals surface area (Å²) in [7, 11) is 0. The van der Waals surface area contributed by atoms with Crippen LogP contribution in [0.5, 0.6) is 0 Å². The lowest BCUT2D eigenvalue weighted by Gasteiger charge is -2.18. The fraction of sp³-hybridized carbons (Fsp3) is 0.333. The van der Waals surface area contributed by atoms with Crippen molar-refractivity contribution in [1.29, 1.82) is 0 Å². The molecule has 0 atom stereocenters. The number of nitrogens with two attached hydrogens (primary N) is 1. The van der Waals surface area contributed by atoms with Gasteiger partial charge in [-0.2, -0.15) is 5.10 Å². The highest BCUT2D eigenvalue weighted by Crippen LogP contribution is 2.17. The van der Waals surface area contributed by atoms with Crippen molar-refractivity contribution in [3.05, 3.63) is 46.1 Å². The minimum Gasteiger partial charge on any atom is -0.319 e. The van der Waals surface area contributed by atoms with Crippen LogP contribution in [0.3, 0.4) is 0 Å². The molecule has 0 amide bonds. The molecule has 0 saturated heterocycles. The van der Waals surface area contributed by atoms with Crippen LogP contribution in [0.15, 0.2) is 29.1 Å². The van der Waals surface area contributed by atoms with Gasteiger partial charge in [-0.25, -0.2) is 14.5 Å². The molecule has 2 aromatic rings. The maximum absolute atomic E-state index is 11.8. The molecular formula is C12H16N4O. The van der Waals surface area contributed by atoms with Gasteiger partial charge in [0, 0.05) is 0 Å². The number of aromatic amines is 1. The number of rotatable bonds is 2. The van der Waals surface area contributed by atoms with Crippen molar-refractivity contribution in [3.63, 3.8) is 0 Å². The number of nitrogens with one attached hydrogen (secondary N) is 1. The van der Waals surface area contributed by atoms with Gasteiger partial charge in [0.05, 0.1) is 11.2 Å². The quantitative estimate of drug-likeness (QED) is 0.813. The van der Waals surface area contributed by atoms with E-state index in [4.69, 9.17) is 5.73 Å². The molecular weight excluding hydrogens is 216 g/mol. The number of aromatic nitrogens is 3. The molecule has 5 heteroatoms. The second-order valence-corrected chi connectivity index (χ2v) is 4.75. The van der Waals surface area contributed by atoms with E-state index in [1.165, 1.54) is 4.57 Å². The van der Waals surface area contributed by atoms with Crippen LogP contribution in [0.1, 0.15) is 25.2 Å². The Morgan fingerprint density at radius 1 is 1.41 bits per heavy atom. The van der Waals surface area contributed by atoms with Crippen molar-refractivity contribution in [2.75, 3.05) is 0 Å². The van der Waals surface area contributed by atoms with Crippen molar-refractivity contribution in [2.24, 2.45) is 5.73 Å². The minimum atomic E-state index is -0.678. The Balaban J connectivity index is 2.67. The minimum absolute atomic E-state index is 0.274. The molecule has 0 spiro atoms. The van der Waals surface area contributed by atoms with Gasteiger partial charge in [0.15, 0.2) is 5.82 Å². The molecule has 5 nitrogen and oxygen atoms in total. The number of hydrogen-bond acceptors (Lipinski definition) is 3. The third kappa shape index (κ3) is 2.14. The van der Waals surface area contributed by atoms with Crippen LogP contribution in [-0.2, 0) is 5.54 Å². The topological polar surface area (TPSA) is 76.7 Å². The number of benzene rings is 1. The van der Waals surface area contributed by atoms with Gasteiger partial charge < -0.3 is 5.73 Å². The Morgan fingerprint density at radius 3 is 2.71 bits per heavy atom. The fourth-order valence-corrected chi connectivity index (χ4v) is 1.74. The van der Waals surface area contributed by atoms with Crippen LogP contribution >= 0.6 is 0 Å². The van der Waals surface area contributed by atoms with E-state index < -0.39 is 5.54 Å². The van der Waals surface area contributed by atoms with Crippen LogP contribution in [0.2, 0.25) is 0 Å². The number of aryl methyl sites for hydroxylation is 1. The first-order valence-corrected chi connectivity index (χ1v) is 5.43. The van der Waals surface area contributed by atoms with Crippen LogP contribution in [0.25, 0.3) is 5.69 Å². The van der Waals surface area contributed by atoms with Gasteiger partial charge >= 0.3 is 5.69 Å². The van der Waals surface area contributed by atoms with Crippen molar-refractivity contribution >= 4 is 0 Å². The molecule has 0 radical (unpaired) electrons. The van der Waals surface area contributed by atoms with E-state index in [1.54, 1.807) is 0 Å². The predicted octanol–water partition coefficient (Wildman–Crippen LogP) is 1.06. The normalized spacial score (nSPS) is 11.8. The van der Waals surface area contributed by atoms with Gasteiger partial charge in [-0.1, -0.05) is 12.1 Å². The molecule has 1 aromatic heterocycles. The molecule has 0 fully saturated rings. The zero-order valence-corrected chi connectivity index (χ0v) is 10.2. The van der Waals surface area contributed by atoms with E-state index in [2.05, 4.69) is 10.2 Å². The van der Waals surface area contributed by atoms with E-state index in [0.717, 1.165) is 11.3 Å². The van der Waals surface area contributed by atoms with Crippen LogP contribution in [-0.4, -0.2) is 14.8 Å². The summed E-state index contributed by atoms with van der Waals surface area (Å²) in [6.45, 7) is 5.60. The van der Waals surface area contributed by atoms with E-state index in [1.807, 2.05) is 45.0 Å². The van der Waals surface area contributed by atoms with E-state index in [-0.39, 0.29) is 5.69 Å². The third-order valence-corrected chi connectivity index (χ3v) is 2.51. The van der Waals surface area contributed by atoms with Crippen molar-refractivity contribution < 1.29 is 0 Å². The lowest BCUT2D eigenvalue weighted by atomic mass is 10.1. The van der Waals surface area contributed by atoms with Crippen molar-refractivity contribution in [3.8, 4) is 5.69 Å². The molecule has 0 aliphatic rings. The van der Waals surface area contributed by atoms with Crippen LogP contribution in [0.4, 0.5) is 0 Å². The van der Waals surface area contributed by atoms with Gasteiger partial charge in [-0.05, 0) is 38.5 Å². The first-order chi connectivity index (χ1) is 7.89. The van der Waals surface area contributed by atoms with Crippen molar-refractivity contribution in [2.45, 2.75) is 26.3 Å². The summed E-state index contributed by atoms with van der Waals surface area (Å²) in [5.41, 5.74) is 6.91. The van der Waals surface area contributed by atoms with Gasteiger partial charge in [0.1, 0.15) is 0 Å². The fourth-order valence-electron chi connectivity index (χ4n) is 1.74. The Bertz CT molecular complexity index is 589. The van der Waals surface area contributed by atoms with E-state index >= 15 is 0 Å². The first-order valence-electron chi connectivity index (χ1n) is 5.43. The van der Waals surface area contributed by atoms with Gasteiger partial charge in [-0.15, -0.1) is 0 Å². The lowest BCUT2D eigenvalue weighted by molar-refractivity contribution is 0.502. The van der Waals surface area contributed by atoms with Gasteiger partial charge in [0.25, 0.3) is 0 Å². The lowest BCUT2D eigenvalue weighted by Crippen LogP contribution is -2.34. The number of hydrogen-bond donors (Lipinski definition) is 2. The second-order valence-electron chi connectivity index (χ2n) is 4.75. The third-order valence-electron chi connectivity index (χ3n) is 2.51. The smallest absolute Gasteiger partial charge is 0.319 e. The molecule has 17 heavy (non-hydrogen) atoms. The molecule has 0 unspecified atom stereocenters. The molecule has 0 saturated carbocycles. The molecule has 2 rings (SSSR count).